The Morgan fingerprint density at radius 1 is 1.21 bits per heavy atom. The van der Waals surface area contributed by atoms with Gasteiger partial charge in [-0.25, -0.2) is 0 Å². The summed E-state index contributed by atoms with van der Waals surface area (Å²) in [6, 6.07) is 1.29. The van der Waals surface area contributed by atoms with Gasteiger partial charge in [0.2, 0.25) is 5.91 Å². The molecule has 1 heterocycles. The molecule has 0 atom stereocenters. The molecule has 2 fully saturated rings. The van der Waals surface area contributed by atoms with E-state index in [1.54, 1.807) is 0 Å². The highest BCUT2D eigenvalue weighted by Gasteiger charge is 2.46. The molecular formula is C16H30N2O. The maximum Gasteiger partial charge on any atom is 0.222 e. The van der Waals surface area contributed by atoms with Crippen LogP contribution in [0.2, 0.25) is 0 Å². The average molecular weight is 266 g/mol. The molecule has 1 spiro atoms. The normalized spacial score (nSPS) is 23.2. The van der Waals surface area contributed by atoms with Crippen molar-refractivity contribution in [2.24, 2.45) is 11.3 Å². The van der Waals surface area contributed by atoms with E-state index in [0.29, 0.717) is 35.7 Å². The van der Waals surface area contributed by atoms with Crippen LogP contribution in [0.15, 0.2) is 0 Å². The molecule has 1 saturated carbocycles. The minimum atomic E-state index is 0.364. The molecule has 2 rings (SSSR count). The standard InChI is InChI=1S/C16H30N2O/c1-12(2)9-15(19)18-10-16(11-18)7-5-14(6-8-16)17-13(3)4/h12-14,17H,5-11H2,1-4H3. The highest BCUT2D eigenvalue weighted by molar-refractivity contribution is 5.77. The van der Waals surface area contributed by atoms with Crippen LogP contribution in [0.3, 0.4) is 0 Å². The zero-order valence-electron chi connectivity index (χ0n) is 13.0. The van der Waals surface area contributed by atoms with Gasteiger partial charge in [-0.3, -0.25) is 4.79 Å². The monoisotopic (exact) mass is 266 g/mol. The summed E-state index contributed by atoms with van der Waals surface area (Å²) in [7, 11) is 0. The lowest BCUT2D eigenvalue weighted by molar-refractivity contribution is -0.146. The fourth-order valence-electron chi connectivity index (χ4n) is 3.60. The lowest BCUT2D eigenvalue weighted by Gasteiger charge is -2.54. The molecule has 0 aromatic carbocycles. The topological polar surface area (TPSA) is 32.3 Å². The molecular weight excluding hydrogens is 236 g/mol. The lowest BCUT2D eigenvalue weighted by Crippen LogP contribution is -2.60. The number of carbonyl (C=O) groups excluding carboxylic acids is 1. The van der Waals surface area contributed by atoms with E-state index in [-0.39, 0.29) is 0 Å². The smallest absolute Gasteiger partial charge is 0.222 e. The first kappa shape index (κ1) is 14.8. The third kappa shape index (κ3) is 3.71. The zero-order valence-corrected chi connectivity index (χ0v) is 13.0. The van der Waals surface area contributed by atoms with Crippen LogP contribution in [0.25, 0.3) is 0 Å². The molecule has 1 aliphatic carbocycles. The third-order valence-electron chi connectivity index (χ3n) is 4.60. The molecule has 0 aromatic heterocycles. The predicted octanol–water partition coefficient (Wildman–Crippen LogP) is 2.80. The molecule has 0 radical (unpaired) electrons. The zero-order chi connectivity index (χ0) is 14.0. The Morgan fingerprint density at radius 3 is 2.26 bits per heavy atom. The number of nitrogens with zero attached hydrogens (tertiary/aromatic N) is 1. The van der Waals surface area contributed by atoms with Crippen molar-refractivity contribution >= 4 is 5.91 Å². The second-order valence-electron chi connectivity index (χ2n) is 7.44. The van der Waals surface area contributed by atoms with Gasteiger partial charge in [-0.05, 0) is 31.6 Å². The summed E-state index contributed by atoms with van der Waals surface area (Å²) >= 11 is 0. The van der Waals surface area contributed by atoms with Crippen molar-refractivity contribution < 1.29 is 4.79 Å². The Morgan fingerprint density at radius 2 is 1.79 bits per heavy atom. The van der Waals surface area contributed by atoms with Gasteiger partial charge in [-0.15, -0.1) is 0 Å². The molecule has 0 aromatic rings. The van der Waals surface area contributed by atoms with Crippen molar-refractivity contribution in [3.05, 3.63) is 0 Å². The van der Waals surface area contributed by atoms with Gasteiger partial charge < -0.3 is 10.2 Å². The van der Waals surface area contributed by atoms with Crippen molar-refractivity contribution in [2.45, 2.75) is 71.9 Å². The summed E-state index contributed by atoms with van der Waals surface area (Å²) in [5, 5.41) is 3.65. The number of carbonyl (C=O) groups is 1. The van der Waals surface area contributed by atoms with Crippen LogP contribution in [-0.2, 0) is 4.79 Å². The second kappa shape index (κ2) is 5.82. The molecule has 1 aliphatic heterocycles. The van der Waals surface area contributed by atoms with Crippen molar-refractivity contribution in [3.8, 4) is 0 Å². The van der Waals surface area contributed by atoms with Crippen LogP contribution < -0.4 is 5.32 Å². The minimum absolute atomic E-state index is 0.364. The van der Waals surface area contributed by atoms with E-state index < -0.39 is 0 Å². The first-order chi connectivity index (χ1) is 8.90. The number of nitrogens with one attached hydrogen (secondary N) is 1. The van der Waals surface area contributed by atoms with Gasteiger partial charge in [-0.1, -0.05) is 27.7 Å². The van der Waals surface area contributed by atoms with Crippen LogP contribution in [0.5, 0.6) is 0 Å². The maximum atomic E-state index is 12.0. The van der Waals surface area contributed by atoms with E-state index in [1.807, 2.05) is 0 Å². The predicted molar refractivity (Wildman–Crippen MR) is 79.0 cm³/mol. The van der Waals surface area contributed by atoms with E-state index in [9.17, 15) is 4.79 Å². The summed E-state index contributed by atoms with van der Waals surface area (Å²) in [5.74, 6) is 0.845. The average Bonchev–Trinajstić information content (AvgIpc) is 2.25. The Kier molecular flexibility index (Phi) is 4.54. The maximum absolute atomic E-state index is 12.0. The largest absolute Gasteiger partial charge is 0.341 e. The Labute approximate surface area is 118 Å². The van der Waals surface area contributed by atoms with Crippen molar-refractivity contribution in [1.29, 1.82) is 0 Å². The van der Waals surface area contributed by atoms with E-state index in [2.05, 4.69) is 37.9 Å². The van der Waals surface area contributed by atoms with Gasteiger partial charge in [0.05, 0.1) is 0 Å². The molecule has 2 aliphatic rings. The minimum Gasteiger partial charge on any atom is -0.341 e. The number of hydrogen-bond acceptors (Lipinski definition) is 2. The summed E-state index contributed by atoms with van der Waals surface area (Å²) in [6.07, 6.45) is 5.87. The Hall–Kier alpha value is -0.570. The molecule has 1 N–H and O–H groups in total. The van der Waals surface area contributed by atoms with Gasteiger partial charge >= 0.3 is 0 Å². The molecule has 3 heteroatoms. The quantitative estimate of drug-likeness (QED) is 0.848. The number of amides is 1. The van der Waals surface area contributed by atoms with Crippen LogP contribution in [0.1, 0.15) is 59.8 Å². The van der Waals surface area contributed by atoms with Gasteiger partial charge in [0, 0.05) is 37.0 Å². The summed E-state index contributed by atoms with van der Waals surface area (Å²) in [4.78, 5) is 14.1. The van der Waals surface area contributed by atoms with Gasteiger partial charge in [0.15, 0.2) is 0 Å². The highest BCUT2D eigenvalue weighted by atomic mass is 16.2. The van der Waals surface area contributed by atoms with Crippen molar-refractivity contribution in [3.63, 3.8) is 0 Å². The molecule has 1 saturated heterocycles. The number of likely N-dealkylation sites (tertiary alicyclic amines) is 1. The summed E-state index contributed by atoms with van der Waals surface area (Å²) < 4.78 is 0. The highest BCUT2D eigenvalue weighted by Crippen LogP contribution is 2.44. The Bertz CT molecular complexity index is 309. The van der Waals surface area contributed by atoms with Crippen LogP contribution >= 0.6 is 0 Å². The van der Waals surface area contributed by atoms with Gasteiger partial charge in [0.25, 0.3) is 0 Å². The Balaban J connectivity index is 1.73. The molecule has 3 nitrogen and oxygen atoms in total. The van der Waals surface area contributed by atoms with E-state index in [0.717, 1.165) is 13.1 Å². The molecule has 1 amide bonds. The van der Waals surface area contributed by atoms with Gasteiger partial charge in [0.1, 0.15) is 0 Å². The molecule has 0 unspecified atom stereocenters. The van der Waals surface area contributed by atoms with Crippen molar-refractivity contribution in [2.75, 3.05) is 13.1 Å². The summed E-state index contributed by atoms with van der Waals surface area (Å²) in [6.45, 7) is 10.7. The van der Waals surface area contributed by atoms with Crippen LogP contribution in [-0.4, -0.2) is 36.0 Å². The van der Waals surface area contributed by atoms with Crippen LogP contribution in [0.4, 0.5) is 0 Å². The third-order valence-corrected chi connectivity index (χ3v) is 4.60. The molecule has 0 bridgehead atoms. The van der Waals surface area contributed by atoms with Crippen molar-refractivity contribution in [1.82, 2.24) is 10.2 Å². The fraction of sp³-hybridized carbons (Fsp3) is 0.938. The van der Waals surface area contributed by atoms with E-state index >= 15 is 0 Å². The van der Waals surface area contributed by atoms with Gasteiger partial charge in [-0.2, -0.15) is 0 Å². The summed E-state index contributed by atoms with van der Waals surface area (Å²) in [5.41, 5.74) is 0.474. The SMILES string of the molecule is CC(C)CC(=O)N1CC2(CCC(NC(C)C)CC2)C1. The molecule has 110 valence electrons. The number of rotatable bonds is 4. The first-order valence-corrected chi connectivity index (χ1v) is 7.94. The van der Waals surface area contributed by atoms with E-state index in [1.165, 1.54) is 25.7 Å². The first-order valence-electron chi connectivity index (χ1n) is 7.94. The fourth-order valence-corrected chi connectivity index (χ4v) is 3.60. The van der Waals surface area contributed by atoms with Crippen LogP contribution in [0, 0.1) is 11.3 Å². The lowest BCUT2D eigenvalue weighted by atomic mass is 9.67. The number of hydrogen-bond donors (Lipinski definition) is 1. The molecule has 19 heavy (non-hydrogen) atoms. The van der Waals surface area contributed by atoms with E-state index in [4.69, 9.17) is 0 Å². The second-order valence-corrected chi connectivity index (χ2v) is 7.44.